The lowest BCUT2D eigenvalue weighted by molar-refractivity contribution is 0.505. The SMILES string of the molecule is CC1=CC(C)(C)N(C(C)C)c2cc(F)c(C#N)cc21. The molecule has 1 aromatic rings. The molecule has 1 aliphatic rings. The molecule has 1 aliphatic heterocycles. The topological polar surface area (TPSA) is 27.0 Å². The summed E-state index contributed by atoms with van der Waals surface area (Å²) in [5, 5.41) is 8.96. The van der Waals surface area contributed by atoms with Gasteiger partial charge in [-0.3, -0.25) is 0 Å². The van der Waals surface area contributed by atoms with Gasteiger partial charge in [-0.25, -0.2) is 4.39 Å². The number of fused-ring (bicyclic) bond motifs is 1. The van der Waals surface area contributed by atoms with E-state index in [4.69, 9.17) is 5.26 Å². The molecule has 2 nitrogen and oxygen atoms in total. The minimum atomic E-state index is -0.447. The number of nitrogens with zero attached hydrogens (tertiary/aromatic N) is 2. The van der Waals surface area contributed by atoms with Crippen LogP contribution in [0.5, 0.6) is 0 Å². The number of rotatable bonds is 1. The van der Waals surface area contributed by atoms with Crippen molar-refractivity contribution in [2.45, 2.75) is 46.2 Å². The summed E-state index contributed by atoms with van der Waals surface area (Å²) in [4.78, 5) is 2.19. The number of nitriles is 1. The van der Waals surface area contributed by atoms with Crippen LogP contribution in [0, 0.1) is 17.1 Å². The van der Waals surface area contributed by atoms with Gasteiger partial charge in [0.1, 0.15) is 11.9 Å². The van der Waals surface area contributed by atoms with Gasteiger partial charge in [0.2, 0.25) is 0 Å². The summed E-state index contributed by atoms with van der Waals surface area (Å²) < 4.78 is 13.9. The fourth-order valence-electron chi connectivity index (χ4n) is 3.09. The van der Waals surface area contributed by atoms with Crippen LogP contribution in [0.3, 0.4) is 0 Å². The Balaban J connectivity index is 2.73. The normalized spacial score (nSPS) is 16.9. The fourth-order valence-corrected chi connectivity index (χ4v) is 3.09. The van der Waals surface area contributed by atoms with Crippen LogP contribution >= 0.6 is 0 Å². The van der Waals surface area contributed by atoms with E-state index in [0.717, 1.165) is 16.8 Å². The minimum absolute atomic E-state index is 0.106. The van der Waals surface area contributed by atoms with Gasteiger partial charge >= 0.3 is 0 Å². The molecular formula is C16H19FN2. The maximum absolute atomic E-state index is 13.9. The molecule has 0 aliphatic carbocycles. The molecule has 19 heavy (non-hydrogen) atoms. The third-order valence-corrected chi connectivity index (χ3v) is 3.60. The summed E-state index contributed by atoms with van der Waals surface area (Å²) in [6, 6.07) is 5.31. The average molecular weight is 258 g/mol. The first-order valence-electron chi connectivity index (χ1n) is 6.50. The molecule has 3 heteroatoms. The highest BCUT2D eigenvalue weighted by molar-refractivity contribution is 5.82. The summed E-state index contributed by atoms with van der Waals surface area (Å²) in [5.41, 5.74) is 2.86. The molecular weight excluding hydrogens is 239 g/mol. The number of hydrogen-bond acceptors (Lipinski definition) is 2. The third-order valence-electron chi connectivity index (χ3n) is 3.60. The standard InChI is InChI=1S/C16H19FN2/c1-10(2)19-15-7-14(17)12(9-18)6-13(15)11(3)8-16(19,4)5/h6-8,10H,1-5H3. The Morgan fingerprint density at radius 1 is 1.32 bits per heavy atom. The summed E-state index contributed by atoms with van der Waals surface area (Å²) in [6.45, 7) is 10.4. The Morgan fingerprint density at radius 3 is 2.47 bits per heavy atom. The van der Waals surface area contributed by atoms with Crippen molar-refractivity contribution in [1.82, 2.24) is 0 Å². The maximum Gasteiger partial charge on any atom is 0.143 e. The smallest absolute Gasteiger partial charge is 0.143 e. The Labute approximate surface area is 114 Å². The highest BCUT2D eigenvalue weighted by Gasteiger charge is 2.33. The van der Waals surface area contributed by atoms with Gasteiger partial charge < -0.3 is 4.90 Å². The van der Waals surface area contributed by atoms with Crippen molar-refractivity contribution in [3.63, 3.8) is 0 Å². The predicted molar refractivity (Wildman–Crippen MR) is 76.5 cm³/mol. The molecule has 0 saturated heterocycles. The zero-order chi connectivity index (χ0) is 14.4. The summed E-state index contributed by atoms with van der Waals surface area (Å²) >= 11 is 0. The maximum atomic E-state index is 13.9. The summed E-state index contributed by atoms with van der Waals surface area (Å²) in [6.07, 6.45) is 2.17. The van der Waals surface area contributed by atoms with Gasteiger partial charge in [-0.05, 0) is 52.3 Å². The molecule has 1 heterocycles. The van der Waals surface area contributed by atoms with Crippen molar-refractivity contribution >= 4 is 11.3 Å². The monoisotopic (exact) mass is 258 g/mol. The Kier molecular flexibility index (Phi) is 3.14. The van der Waals surface area contributed by atoms with E-state index in [1.165, 1.54) is 6.07 Å². The van der Waals surface area contributed by atoms with Gasteiger partial charge in [0, 0.05) is 17.3 Å². The second-order valence-corrected chi connectivity index (χ2v) is 5.91. The van der Waals surface area contributed by atoms with E-state index in [2.05, 4.69) is 38.7 Å². The molecule has 0 amide bonds. The second kappa shape index (κ2) is 4.38. The molecule has 0 bridgehead atoms. The van der Waals surface area contributed by atoms with Crippen molar-refractivity contribution in [1.29, 1.82) is 5.26 Å². The molecule has 2 rings (SSSR count). The zero-order valence-corrected chi connectivity index (χ0v) is 12.1. The van der Waals surface area contributed by atoms with Gasteiger partial charge in [0.15, 0.2) is 0 Å². The average Bonchev–Trinajstić information content (AvgIpc) is 2.26. The first-order chi connectivity index (χ1) is 8.77. The quantitative estimate of drug-likeness (QED) is 0.758. The van der Waals surface area contributed by atoms with Crippen LogP contribution in [0.2, 0.25) is 0 Å². The Hall–Kier alpha value is -1.82. The van der Waals surface area contributed by atoms with Crippen molar-refractivity contribution < 1.29 is 4.39 Å². The van der Waals surface area contributed by atoms with Crippen LogP contribution < -0.4 is 4.90 Å². The number of anilines is 1. The van der Waals surface area contributed by atoms with Crippen LogP contribution in [0.25, 0.3) is 5.57 Å². The van der Waals surface area contributed by atoms with E-state index < -0.39 is 5.82 Å². The van der Waals surface area contributed by atoms with Gasteiger partial charge in [-0.1, -0.05) is 6.08 Å². The Bertz CT molecular complexity index is 592. The second-order valence-electron chi connectivity index (χ2n) is 5.91. The van der Waals surface area contributed by atoms with Gasteiger partial charge in [0.05, 0.1) is 11.1 Å². The molecule has 0 aromatic heterocycles. The van der Waals surface area contributed by atoms with Crippen LogP contribution in [-0.2, 0) is 0 Å². The highest BCUT2D eigenvalue weighted by Crippen LogP contribution is 2.41. The largest absolute Gasteiger partial charge is 0.360 e. The fraction of sp³-hybridized carbons (Fsp3) is 0.438. The molecule has 100 valence electrons. The van der Waals surface area contributed by atoms with Crippen molar-refractivity contribution in [3.8, 4) is 6.07 Å². The lowest BCUT2D eigenvalue weighted by Crippen LogP contribution is -2.49. The third kappa shape index (κ3) is 2.12. The summed E-state index contributed by atoms with van der Waals surface area (Å²) in [5.74, 6) is -0.447. The van der Waals surface area contributed by atoms with Crippen molar-refractivity contribution in [2.75, 3.05) is 4.90 Å². The molecule has 0 fully saturated rings. The molecule has 0 N–H and O–H groups in total. The van der Waals surface area contributed by atoms with Gasteiger partial charge in [-0.2, -0.15) is 5.26 Å². The van der Waals surface area contributed by atoms with E-state index in [0.29, 0.717) is 0 Å². The molecule has 1 aromatic carbocycles. The van der Waals surface area contributed by atoms with E-state index in [1.807, 2.05) is 13.0 Å². The first kappa shape index (κ1) is 13.6. The van der Waals surface area contributed by atoms with E-state index >= 15 is 0 Å². The first-order valence-corrected chi connectivity index (χ1v) is 6.50. The predicted octanol–water partition coefficient (Wildman–Crippen LogP) is 4.11. The van der Waals surface area contributed by atoms with Crippen LogP contribution in [-0.4, -0.2) is 11.6 Å². The summed E-state index contributed by atoms with van der Waals surface area (Å²) in [7, 11) is 0. The highest BCUT2D eigenvalue weighted by atomic mass is 19.1. The molecule has 0 atom stereocenters. The van der Waals surface area contributed by atoms with E-state index in [9.17, 15) is 4.39 Å². The van der Waals surface area contributed by atoms with Gasteiger partial charge in [-0.15, -0.1) is 0 Å². The van der Waals surface area contributed by atoms with Crippen LogP contribution in [0.1, 0.15) is 45.7 Å². The van der Waals surface area contributed by atoms with E-state index in [1.54, 1.807) is 6.07 Å². The van der Waals surface area contributed by atoms with Crippen molar-refractivity contribution in [2.24, 2.45) is 0 Å². The number of halogens is 1. The number of allylic oxidation sites excluding steroid dienone is 1. The lowest BCUT2D eigenvalue weighted by Gasteiger charge is -2.46. The number of hydrogen-bond donors (Lipinski definition) is 0. The minimum Gasteiger partial charge on any atom is -0.360 e. The number of benzene rings is 1. The molecule has 0 unspecified atom stereocenters. The molecule has 0 radical (unpaired) electrons. The van der Waals surface area contributed by atoms with Crippen LogP contribution in [0.4, 0.5) is 10.1 Å². The van der Waals surface area contributed by atoms with E-state index in [-0.39, 0.29) is 17.1 Å². The molecule has 0 saturated carbocycles. The van der Waals surface area contributed by atoms with Crippen molar-refractivity contribution in [3.05, 3.63) is 35.2 Å². The van der Waals surface area contributed by atoms with Gasteiger partial charge in [0.25, 0.3) is 0 Å². The Morgan fingerprint density at radius 2 is 1.95 bits per heavy atom. The zero-order valence-electron chi connectivity index (χ0n) is 12.1. The molecule has 0 spiro atoms. The van der Waals surface area contributed by atoms with Crippen LogP contribution in [0.15, 0.2) is 18.2 Å². The lowest BCUT2D eigenvalue weighted by atomic mass is 9.87.